The van der Waals surface area contributed by atoms with E-state index in [4.69, 9.17) is 26.2 Å². The summed E-state index contributed by atoms with van der Waals surface area (Å²) < 4.78 is 11.5. The van der Waals surface area contributed by atoms with Gasteiger partial charge in [-0.05, 0) is 30.9 Å². The van der Waals surface area contributed by atoms with Gasteiger partial charge in [0.05, 0.1) is 18.2 Å². The number of carbonyl (C=O) groups is 1. The van der Waals surface area contributed by atoms with E-state index >= 15 is 0 Å². The van der Waals surface area contributed by atoms with Gasteiger partial charge < -0.3 is 14.6 Å². The molecule has 110 valence electrons. The number of halogens is 1. The number of rotatable bonds is 5. The summed E-state index contributed by atoms with van der Waals surface area (Å²) in [6.07, 6.45) is 3.09. The fourth-order valence-electron chi connectivity index (χ4n) is 2.43. The van der Waals surface area contributed by atoms with Crippen molar-refractivity contribution in [1.82, 2.24) is 0 Å². The summed E-state index contributed by atoms with van der Waals surface area (Å²) in [5, 5.41) is 9.28. The summed E-state index contributed by atoms with van der Waals surface area (Å²) in [6.45, 7) is 3.28. The van der Waals surface area contributed by atoms with E-state index in [-0.39, 0.29) is 6.42 Å². The SMILES string of the molecule is CCc1c(CCCC(=O)O)cc(Cl)c2c1OCCCO2. The highest BCUT2D eigenvalue weighted by Crippen LogP contribution is 2.42. The maximum Gasteiger partial charge on any atom is 0.303 e. The highest BCUT2D eigenvalue weighted by atomic mass is 35.5. The Morgan fingerprint density at radius 1 is 1.35 bits per heavy atom. The number of hydrogen-bond donors (Lipinski definition) is 1. The van der Waals surface area contributed by atoms with Crippen molar-refractivity contribution in [2.24, 2.45) is 0 Å². The number of aliphatic carboxylic acids is 1. The predicted octanol–water partition coefficient (Wildman–Crippen LogP) is 3.47. The van der Waals surface area contributed by atoms with Crippen LogP contribution in [0.25, 0.3) is 0 Å². The minimum Gasteiger partial charge on any atom is -0.489 e. The third-order valence-corrected chi connectivity index (χ3v) is 3.64. The van der Waals surface area contributed by atoms with Gasteiger partial charge >= 0.3 is 5.97 Å². The van der Waals surface area contributed by atoms with Gasteiger partial charge in [-0.1, -0.05) is 18.5 Å². The lowest BCUT2D eigenvalue weighted by Crippen LogP contribution is -2.03. The van der Waals surface area contributed by atoms with E-state index in [1.54, 1.807) is 0 Å². The Hall–Kier alpha value is -1.42. The average Bonchev–Trinajstić information content (AvgIpc) is 2.65. The first-order valence-corrected chi connectivity index (χ1v) is 7.33. The van der Waals surface area contributed by atoms with Crippen LogP contribution in [0, 0.1) is 0 Å². The molecule has 0 radical (unpaired) electrons. The van der Waals surface area contributed by atoms with Crippen LogP contribution in [-0.4, -0.2) is 24.3 Å². The number of hydrogen-bond acceptors (Lipinski definition) is 3. The number of carboxylic acids is 1. The molecule has 0 amide bonds. The van der Waals surface area contributed by atoms with Crippen molar-refractivity contribution < 1.29 is 19.4 Å². The van der Waals surface area contributed by atoms with Crippen molar-refractivity contribution in [2.75, 3.05) is 13.2 Å². The molecule has 2 rings (SSSR count). The molecule has 0 aromatic heterocycles. The minimum atomic E-state index is -0.775. The zero-order chi connectivity index (χ0) is 14.5. The van der Waals surface area contributed by atoms with E-state index in [2.05, 4.69) is 6.92 Å². The molecule has 4 nitrogen and oxygen atoms in total. The van der Waals surface area contributed by atoms with Gasteiger partial charge in [0.15, 0.2) is 11.5 Å². The maximum atomic E-state index is 10.6. The second-order valence-electron chi connectivity index (χ2n) is 4.81. The first-order chi connectivity index (χ1) is 9.63. The van der Waals surface area contributed by atoms with E-state index < -0.39 is 5.97 Å². The summed E-state index contributed by atoms with van der Waals surface area (Å²) in [5.41, 5.74) is 2.14. The average molecular weight is 299 g/mol. The van der Waals surface area contributed by atoms with Crippen LogP contribution in [0.3, 0.4) is 0 Å². The van der Waals surface area contributed by atoms with Crippen LogP contribution < -0.4 is 9.47 Å². The van der Waals surface area contributed by atoms with Gasteiger partial charge in [0.2, 0.25) is 0 Å². The quantitative estimate of drug-likeness (QED) is 0.904. The Morgan fingerprint density at radius 3 is 2.70 bits per heavy atom. The molecular formula is C15H19ClO4. The van der Waals surface area contributed by atoms with E-state index in [1.807, 2.05) is 6.07 Å². The Kier molecular flexibility index (Phi) is 5.12. The van der Waals surface area contributed by atoms with Crippen molar-refractivity contribution in [1.29, 1.82) is 0 Å². The lowest BCUT2D eigenvalue weighted by atomic mass is 9.98. The number of ether oxygens (including phenoxy) is 2. The molecule has 0 aliphatic carbocycles. The topological polar surface area (TPSA) is 55.8 Å². The van der Waals surface area contributed by atoms with E-state index in [0.717, 1.165) is 29.7 Å². The zero-order valence-corrected chi connectivity index (χ0v) is 12.3. The van der Waals surface area contributed by atoms with Crippen LogP contribution in [0.15, 0.2) is 6.07 Å². The van der Waals surface area contributed by atoms with Gasteiger partial charge in [0, 0.05) is 18.4 Å². The van der Waals surface area contributed by atoms with E-state index in [9.17, 15) is 4.79 Å². The molecule has 1 aromatic rings. The molecule has 1 N–H and O–H groups in total. The van der Waals surface area contributed by atoms with Crippen LogP contribution in [0.2, 0.25) is 5.02 Å². The summed E-state index contributed by atoms with van der Waals surface area (Å²) >= 11 is 6.27. The number of aryl methyl sites for hydroxylation is 1. The summed E-state index contributed by atoms with van der Waals surface area (Å²) in [6, 6.07) is 1.88. The molecule has 0 fully saturated rings. The largest absolute Gasteiger partial charge is 0.489 e. The summed E-state index contributed by atoms with van der Waals surface area (Å²) in [5.74, 6) is 0.592. The monoisotopic (exact) mass is 298 g/mol. The van der Waals surface area contributed by atoms with Crippen LogP contribution >= 0.6 is 11.6 Å². The fourth-order valence-corrected chi connectivity index (χ4v) is 2.70. The van der Waals surface area contributed by atoms with Crippen LogP contribution in [0.1, 0.15) is 37.3 Å². The smallest absolute Gasteiger partial charge is 0.303 e. The molecule has 1 aliphatic heterocycles. The normalized spacial score (nSPS) is 13.9. The molecule has 0 saturated carbocycles. The lowest BCUT2D eigenvalue weighted by molar-refractivity contribution is -0.137. The summed E-state index contributed by atoms with van der Waals surface area (Å²) in [7, 11) is 0. The van der Waals surface area contributed by atoms with Crippen molar-refractivity contribution in [3.8, 4) is 11.5 Å². The Bertz CT molecular complexity index is 499. The molecule has 1 aliphatic rings. The molecule has 5 heteroatoms. The van der Waals surface area contributed by atoms with Gasteiger partial charge in [-0.15, -0.1) is 0 Å². The third kappa shape index (κ3) is 3.37. The third-order valence-electron chi connectivity index (χ3n) is 3.36. The predicted molar refractivity (Wildman–Crippen MR) is 77.0 cm³/mol. The first kappa shape index (κ1) is 15.0. The van der Waals surface area contributed by atoms with E-state index in [1.165, 1.54) is 0 Å². The zero-order valence-electron chi connectivity index (χ0n) is 11.6. The highest BCUT2D eigenvalue weighted by Gasteiger charge is 2.21. The van der Waals surface area contributed by atoms with Crippen molar-refractivity contribution in [2.45, 2.75) is 39.0 Å². The Morgan fingerprint density at radius 2 is 2.05 bits per heavy atom. The standard InChI is InChI=1S/C15H19ClO4/c1-2-11-10(5-3-6-13(17)18)9-12(16)15-14(11)19-7-4-8-20-15/h9H,2-8H2,1H3,(H,17,18). The second kappa shape index (κ2) is 6.84. The van der Waals surface area contributed by atoms with Gasteiger partial charge in [-0.25, -0.2) is 0 Å². The lowest BCUT2D eigenvalue weighted by Gasteiger charge is -2.17. The Labute approximate surface area is 123 Å². The van der Waals surface area contributed by atoms with E-state index in [0.29, 0.717) is 36.8 Å². The number of benzene rings is 1. The molecule has 0 saturated heterocycles. The number of fused-ring (bicyclic) bond motifs is 1. The molecule has 0 atom stereocenters. The van der Waals surface area contributed by atoms with Crippen LogP contribution in [0.5, 0.6) is 11.5 Å². The molecule has 0 spiro atoms. The summed E-state index contributed by atoms with van der Waals surface area (Å²) in [4.78, 5) is 10.6. The van der Waals surface area contributed by atoms with Crippen LogP contribution in [0.4, 0.5) is 0 Å². The highest BCUT2D eigenvalue weighted by molar-refractivity contribution is 6.32. The van der Waals surface area contributed by atoms with Crippen molar-refractivity contribution in [3.63, 3.8) is 0 Å². The molecule has 0 bridgehead atoms. The Balaban J connectivity index is 2.30. The minimum absolute atomic E-state index is 0.162. The maximum absolute atomic E-state index is 10.6. The second-order valence-corrected chi connectivity index (χ2v) is 5.21. The molecular weight excluding hydrogens is 280 g/mol. The van der Waals surface area contributed by atoms with Crippen molar-refractivity contribution in [3.05, 3.63) is 22.2 Å². The molecule has 0 unspecified atom stereocenters. The van der Waals surface area contributed by atoms with Crippen LogP contribution in [-0.2, 0) is 17.6 Å². The van der Waals surface area contributed by atoms with Gasteiger partial charge in [0.25, 0.3) is 0 Å². The molecule has 1 aromatic carbocycles. The number of carboxylic acid groups (broad SMARTS) is 1. The first-order valence-electron chi connectivity index (χ1n) is 6.95. The molecule has 1 heterocycles. The van der Waals surface area contributed by atoms with Gasteiger partial charge in [0.1, 0.15) is 0 Å². The molecule has 20 heavy (non-hydrogen) atoms. The van der Waals surface area contributed by atoms with Gasteiger partial charge in [-0.2, -0.15) is 0 Å². The fraction of sp³-hybridized carbons (Fsp3) is 0.533. The van der Waals surface area contributed by atoms with Gasteiger partial charge in [-0.3, -0.25) is 4.79 Å². The van der Waals surface area contributed by atoms with Crippen molar-refractivity contribution >= 4 is 17.6 Å².